The largest absolute Gasteiger partial charge is 0.507 e. The first-order valence-electron chi connectivity index (χ1n) is 9.36. The Morgan fingerprint density at radius 2 is 1.59 bits per heavy atom. The first-order valence-corrected chi connectivity index (χ1v) is 9.36. The Balaban J connectivity index is 2.28. The molecule has 0 radical (unpaired) electrons. The van der Waals surface area contributed by atoms with E-state index in [0.29, 0.717) is 5.56 Å². The van der Waals surface area contributed by atoms with Crippen molar-refractivity contribution in [3.8, 4) is 11.5 Å². The van der Waals surface area contributed by atoms with Crippen LogP contribution in [0.25, 0.3) is 21.7 Å². The van der Waals surface area contributed by atoms with E-state index in [2.05, 4.69) is 0 Å². The van der Waals surface area contributed by atoms with Gasteiger partial charge in [-0.2, -0.15) is 0 Å². The molecule has 0 amide bonds. The van der Waals surface area contributed by atoms with Gasteiger partial charge in [0.25, 0.3) is 0 Å². The number of hydrogen-bond donors (Lipinski definition) is 3. The average Bonchev–Trinajstić information content (AvgIpc) is 2.67. The standard InChI is InChI=1S/C22H20O7/c1-4-22(3,28)14-8-13(25)15-9(2)7-10-16(21(15)29-14)20(27)18-12(24)6-5-11(23)17(18)19(10)26/h7-8,26-28H,4-6H2,1-3H3. The Labute approximate surface area is 165 Å². The molecule has 7 heteroatoms. The summed E-state index contributed by atoms with van der Waals surface area (Å²) >= 11 is 0. The van der Waals surface area contributed by atoms with Crippen LogP contribution < -0.4 is 5.43 Å². The van der Waals surface area contributed by atoms with Crippen molar-refractivity contribution in [2.45, 2.75) is 45.6 Å². The summed E-state index contributed by atoms with van der Waals surface area (Å²) < 4.78 is 5.86. The summed E-state index contributed by atoms with van der Waals surface area (Å²) in [5, 5.41) is 32.5. The fourth-order valence-electron chi connectivity index (χ4n) is 3.90. The maximum Gasteiger partial charge on any atom is 0.193 e. The average molecular weight is 396 g/mol. The number of phenols is 2. The molecule has 2 aromatic carbocycles. The zero-order valence-corrected chi connectivity index (χ0v) is 16.3. The molecule has 1 aromatic heterocycles. The van der Waals surface area contributed by atoms with E-state index >= 15 is 0 Å². The van der Waals surface area contributed by atoms with Crippen LogP contribution in [0.15, 0.2) is 21.3 Å². The van der Waals surface area contributed by atoms with Gasteiger partial charge in [0, 0.05) is 24.3 Å². The van der Waals surface area contributed by atoms with Crippen molar-refractivity contribution < 1.29 is 29.3 Å². The zero-order valence-electron chi connectivity index (χ0n) is 16.3. The van der Waals surface area contributed by atoms with Gasteiger partial charge in [0.1, 0.15) is 28.4 Å². The van der Waals surface area contributed by atoms with Gasteiger partial charge in [-0.3, -0.25) is 14.4 Å². The summed E-state index contributed by atoms with van der Waals surface area (Å²) in [6.07, 6.45) is 0.147. The summed E-state index contributed by atoms with van der Waals surface area (Å²) in [4.78, 5) is 37.6. The van der Waals surface area contributed by atoms with Crippen LogP contribution >= 0.6 is 0 Å². The lowest BCUT2D eigenvalue weighted by atomic mass is 9.84. The van der Waals surface area contributed by atoms with E-state index in [0.717, 1.165) is 0 Å². The Kier molecular flexibility index (Phi) is 4.06. The Morgan fingerprint density at radius 3 is 2.17 bits per heavy atom. The normalized spacial score (nSPS) is 16.3. The van der Waals surface area contributed by atoms with Crippen molar-refractivity contribution in [2.75, 3.05) is 0 Å². The van der Waals surface area contributed by atoms with Crippen molar-refractivity contribution in [2.24, 2.45) is 0 Å². The van der Waals surface area contributed by atoms with E-state index in [1.165, 1.54) is 19.1 Å². The number of aryl methyl sites for hydroxylation is 1. The first kappa shape index (κ1) is 19.1. The van der Waals surface area contributed by atoms with Crippen molar-refractivity contribution in [1.29, 1.82) is 0 Å². The summed E-state index contributed by atoms with van der Waals surface area (Å²) in [7, 11) is 0. The molecule has 0 spiro atoms. The fourth-order valence-corrected chi connectivity index (χ4v) is 3.90. The predicted octanol–water partition coefficient (Wildman–Crippen LogP) is 3.44. The number of phenolic OH excluding ortho intramolecular Hbond substituents is 2. The van der Waals surface area contributed by atoms with Crippen molar-refractivity contribution in [3.05, 3.63) is 44.8 Å². The van der Waals surface area contributed by atoms with Crippen LogP contribution in [0.5, 0.6) is 11.5 Å². The number of rotatable bonds is 2. The molecule has 3 N–H and O–H groups in total. The molecular formula is C22H20O7. The van der Waals surface area contributed by atoms with E-state index in [1.54, 1.807) is 13.8 Å². The van der Waals surface area contributed by atoms with Gasteiger partial charge in [0.2, 0.25) is 0 Å². The third kappa shape index (κ3) is 2.57. The molecule has 4 rings (SSSR count). The molecule has 1 aliphatic carbocycles. The molecule has 1 heterocycles. The van der Waals surface area contributed by atoms with Crippen LogP contribution in [0.1, 0.15) is 65.1 Å². The second-order valence-electron chi connectivity index (χ2n) is 7.72. The number of aliphatic hydroxyl groups is 1. The minimum absolute atomic E-state index is 0.00316. The molecule has 0 fully saturated rings. The van der Waals surface area contributed by atoms with Crippen molar-refractivity contribution in [1.82, 2.24) is 0 Å². The molecule has 1 unspecified atom stereocenters. The molecule has 0 bridgehead atoms. The maximum atomic E-state index is 12.8. The van der Waals surface area contributed by atoms with Crippen molar-refractivity contribution >= 4 is 33.3 Å². The SMILES string of the molecule is CCC(C)(O)c1cc(=O)c2c(C)cc3c(O)c4c(c(O)c3c2o1)C(=O)CCC4=O. The van der Waals surface area contributed by atoms with E-state index in [4.69, 9.17) is 4.42 Å². The molecule has 1 atom stereocenters. The Morgan fingerprint density at radius 1 is 1.00 bits per heavy atom. The number of Topliss-reactive ketones (excluding diaryl/α,β-unsaturated/α-hetero) is 2. The maximum absolute atomic E-state index is 12.8. The summed E-state index contributed by atoms with van der Waals surface area (Å²) in [6, 6.07) is 2.68. The molecular weight excluding hydrogens is 376 g/mol. The van der Waals surface area contributed by atoms with Gasteiger partial charge < -0.3 is 19.7 Å². The summed E-state index contributed by atoms with van der Waals surface area (Å²) in [5.41, 5.74) is -1.89. The van der Waals surface area contributed by atoms with Gasteiger partial charge >= 0.3 is 0 Å². The minimum atomic E-state index is -1.43. The summed E-state index contributed by atoms with van der Waals surface area (Å²) in [6.45, 7) is 4.86. The molecule has 1 aliphatic rings. The lowest BCUT2D eigenvalue weighted by molar-refractivity contribution is 0.0306. The highest BCUT2D eigenvalue weighted by Gasteiger charge is 2.34. The second-order valence-corrected chi connectivity index (χ2v) is 7.72. The predicted molar refractivity (Wildman–Crippen MR) is 106 cm³/mol. The molecule has 3 aromatic rings. The highest BCUT2D eigenvalue weighted by Crippen LogP contribution is 2.46. The van der Waals surface area contributed by atoms with Gasteiger partial charge in [-0.1, -0.05) is 6.92 Å². The van der Waals surface area contributed by atoms with Crippen LogP contribution in [0.3, 0.4) is 0 Å². The van der Waals surface area contributed by atoms with Gasteiger partial charge in [-0.25, -0.2) is 0 Å². The molecule has 0 aliphatic heterocycles. The minimum Gasteiger partial charge on any atom is -0.507 e. The summed E-state index contributed by atoms with van der Waals surface area (Å²) in [5.74, 6) is -1.83. The lowest BCUT2D eigenvalue weighted by Gasteiger charge is -2.22. The van der Waals surface area contributed by atoms with Crippen LogP contribution in [0.4, 0.5) is 0 Å². The van der Waals surface area contributed by atoms with Gasteiger partial charge in [0.05, 0.1) is 21.9 Å². The van der Waals surface area contributed by atoms with Gasteiger partial charge in [0.15, 0.2) is 17.0 Å². The number of aromatic hydroxyl groups is 2. The van der Waals surface area contributed by atoms with Crippen LogP contribution in [-0.2, 0) is 5.60 Å². The lowest BCUT2D eigenvalue weighted by Crippen LogP contribution is -2.22. The monoisotopic (exact) mass is 396 g/mol. The Bertz CT molecular complexity index is 1290. The van der Waals surface area contributed by atoms with E-state index in [1.807, 2.05) is 0 Å². The van der Waals surface area contributed by atoms with Crippen LogP contribution in [-0.4, -0.2) is 26.9 Å². The first-order chi connectivity index (χ1) is 13.6. The van der Waals surface area contributed by atoms with Crippen LogP contribution in [0, 0.1) is 6.92 Å². The van der Waals surface area contributed by atoms with E-state index < -0.39 is 34.1 Å². The highest BCUT2D eigenvalue weighted by molar-refractivity contribution is 6.24. The number of ketones is 2. The van der Waals surface area contributed by atoms with Crippen molar-refractivity contribution in [3.63, 3.8) is 0 Å². The number of hydrogen-bond acceptors (Lipinski definition) is 7. The zero-order chi connectivity index (χ0) is 21.2. The number of benzene rings is 2. The van der Waals surface area contributed by atoms with Gasteiger partial charge in [-0.15, -0.1) is 0 Å². The molecule has 0 saturated heterocycles. The number of fused-ring (bicyclic) bond motifs is 4. The Hall–Kier alpha value is -3.19. The molecule has 7 nitrogen and oxygen atoms in total. The third-order valence-electron chi connectivity index (χ3n) is 5.77. The van der Waals surface area contributed by atoms with Crippen LogP contribution in [0.2, 0.25) is 0 Å². The molecule has 29 heavy (non-hydrogen) atoms. The third-order valence-corrected chi connectivity index (χ3v) is 5.77. The number of carbonyl (C=O) groups is 2. The molecule has 150 valence electrons. The smallest absolute Gasteiger partial charge is 0.193 e. The van der Waals surface area contributed by atoms with Gasteiger partial charge in [-0.05, 0) is 31.9 Å². The van der Waals surface area contributed by atoms with E-state index in [-0.39, 0.29) is 57.9 Å². The van der Waals surface area contributed by atoms with E-state index in [9.17, 15) is 29.7 Å². The quantitative estimate of drug-likeness (QED) is 0.447. The fraction of sp³-hybridized carbons (Fsp3) is 0.318. The topological polar surface area (TPSA) is 125 Å². The highest BCUT2D eigenvalue weighted by atomic mass is 16.4. The second kappa shape index (κ2) is 6.15. The molecule has 0 saturated carbocycles. The number of carbonyl (C=O) groups excluding carboxylic acids is 2.